The highest BCUT2D eigenvalue weighted by molar-refractivity contribution is 7.08. The minimum absolute atomic E-state index is 0.115. The minimum Gasteiger partial charge on any atom is -0.337 e. The number of thiophene rings is 1. The van der Waals surface area contributed by atoms with Crippen LogP contribution in [-0.4, -0.2) is 16.3 Å². The van der Waals surface area contributed by atoms with Gasteiger partial charge in [0.15, 0.2) is 5.54 Å². The van der Waals surface area contributed by atoms with Gasteiger partial charge in [0, 0.05) is 10.9 Å². The van der Waals surface area contributed by atoms with Crippen LogP contribution in [0, 0.1) is 6.92 Å². The van der Waals surface area contributed by atoms with Crippen molar-refractivity contribution < 1.29 is 17.7 Å². The van der Waals surface area contributed by atoms with Gasteiger partial charge < -0.3 is 10.3 Å². The van der Waals surface area contributed by atoms with E-state index in [-0.39, 0.29) is 5.82 Å². The first-order chi connectivity index (χ1) is 8.23. The molecule has 0 spiro atoms. The molecular weight excluding hydrogens is 267 g/mol. The van der Waals surface area contributed by atoms with Gasteiger partial charge in [-0.3, -0.25) is 0 Å². The van der Waals surface area contributed by atoms with Gasteiger partial charge in [-0.2, -0.15) is 29.5 Å². The number of nitrogens with zero attached hydrogens (tertiary/aromatic N) is 2. The highest BCUT2D eigenvalue weighted by Gasteiger charge is 2.53. The predicted molar refractivity (Wildman–Crippen MR) is 59.9 cm³/mol. The lowest BCUT2D eigenvalue weighted by atomic mass is 10.0. The van der Waals surface area contributed by atoms with Crippen molar-refractivity contribution in [2.24, 2.45) is 5.73 Å². The zero-order valence-corrected chi connectivity index (χ0v) is 10.4. The Kier molecular flexibility index (Phi) is 2.94. The second kappa shape index (κ2) is 4.06. The summed E-state index contributed by atoms with van der Waals surface area (Å²) in [6, 6.07) is 0. The molecule has 0 aromatic carbocycles. The van der Waals surface area contributed by atoms with E-state index < -0.39 is 17.6 Å². The summed E-state index contributed by atoms with van der Waals surface area (Å²) < 4.78 is 42.7. The Morgan fingerprint density at radius 2 is 2.00 bits per heavy atom. The third-order valence-corrected chi connectivity index (χ3v) is 3.42. The first-order valence-electron chi connectivity index (χ1n) is 4.96. The average molecular weight is 277 g/mol. The molecule has 0 amide bonds. The average Bonchev–Trinajstić information content (AvgIpc) is 2.83. The first-order valence-corrected chi connectivity index (χ1v) is 5.90. The summed E-state index contributed by atoms with van der Waals surface area (Å²) in [6.07, 6.45) is -4.65. The normalized spacial score (nSPS) is 15.7. The van der Waals surface area contributed by atoms with Crippen LogP contribution in [0.5, 0.6) is 0 Å². The molecule has 18 heavy (non-hydrogen) atoms. The zero-order chi connectivity index (χ0) is 13.6. The smallest absolute Gasteiger partial charge is 0.337 e. The molecule has 2 aromatic rings. The first kappa shape index (κ1) is 13.0. The number of aryl methyl sites for hydroxylation is 1. The summed E-state index contributed by atoms with van der Waals surface area (Å²) in [5.41, 5.74) is 4.07. The second-order valence-corrected chi connectivity index (χ2v) is 4.84. The van der Waals surface area contributed by atoms with Crippen LogP contribution in [0.2, 0.25) is 0 Å². The predicted octanol–water partition coefficient (Wildman–Crippen LogP) is 2.84. The van der Waals surface area contributed by atoms with Crippen LogP contribution >= 0.6 is 11.3 Å². The van der Waals surface area contributed by atoms with E-state index in [9.17, 15) is 13.2 Å². The Balaban J connectivity index is 2.41. The Morgan fingerprint density at radius 1 is 1.33 bits per heavy atom. The highest BCUT2D eigenvalue weighted by Crippen LogP contribution is 2.36. The summed E-state index contributed by atoms with van der Waals surface area (Å²) in [6.45, 7) is 2.61. The van der Waals surface area contributed by atoms with Gasteiger partial charge >= 0.3 is 6.18 Å². The fraction of sp³-hybridized carbons (Fsp3) is 0.400. The lowest BCUT2D eigenvalue weighted by Gasteiger charge is -2.22. The molecule has 1 atom stereocenters. The van der Waals surface area contributed by atoms with Crippen molar-refractivity contribution in [1.29, 1.82) is 0 Å². The van der Waals surface area contributed by atoms with Crippen LogP contribution in [-0.2, 0) is 5.54 Å². The molecule has 1 unspecified atom stereocenters. The number of nitrogens with two attached hydrogens (primary N) is 1. The lowest BCUT2D eigenvalue weighted by molar-refractivity contribution is -0.190. The molecule has 0 aliphatic heterocycles. The molecule has 2 N–H and O–H groups in total. The maximum atomic E-state index is 12.7. The van der Waals surface area contributed by atoms with Crippen LogP contribution in [0.3, 0.4) is 0 Å². The summed E-state index contributed by atoms with van der Waals surface area (Å²) in [7, 11) is 0. The summed E-state index contributed by atoms with van der Waals surface area (Å²) >= 11 is 1.41. The quantitative estimate of drug-likeness (QED) is 0.916. The number of aromatic nitrogens is 2. The number of halogens is 3. The van der Waals surface area contributed by atoms with E-state index in [1.165, 1.54) is 11.3 Å². The summed E-state index contributed by atoms with van der Waals surface area (Å²) in [4.78, 5) is 3.74. The van der Waals surface area contributed by atoms with Crippen LogP contribution in [0.1, 0.15) is 18.4 Å². The molecule has 4 nitrogen and oxygen atoms in total. The molecule has 0 aliphatic rings. The van der Waals surface area contributed by atoms with E-state index >= 15 is 0 Å². The molecule has 0 saturated heterocycles. The van der Waals surface area contributed by atoms with Crippen LogP contribution in [0.25, 0.3) is 11.4 Å². The van der Waals surface area contributed by atoms with Crippen molar-refractivity contribution in [3.05, 3.63) is 22.2 Å². The van der Waals surface area contributed by atoms with Crippen molar-refractivity contribution in [3.63, 3.8) is 0 Å². The van der Waals surface area contributed by atoms with Gasteiger partial charge in [0.05, 0.1) is 0 Å². The van der Waals surface area contributed by atoms with E-state index in [0.717, 1.165) is 12.5 Å². The Bertz CT molecular complexity index is 559. The molecule has 8 heteroatoms. The lowest BCUT2D eigenvalue weighted by Crippen LogP contribution is -2.47. The SMILES string of the molecule is Cc1cscc1-c1noc(C(C)(N)C(F)(F)F)n1. The molecule has 98 valence electrons. The van der Waals surface area contributed by atoms with Gasteiger partial charge in [0.25, 0.3) is 5.89 Å². The summed E-state index contributed by atoms with van der Waals surface area (Å²) in [5, 5.41) is 7.13. The molecule has 0 saturated carbocycles. The zero-order valence-electron chi connectivity index (χ0n) is 9.58. The molecule has 0 bridgehead atoms. The molecule has 2 heterocycles. The van der Waals surface area contributed by atoms with Gasteiger partial charge in [0.2, 0.25) is 5.82 Å². The minimum atomic E-state index is -4.65. The second-order valence-electron chi connectivity index (χ2n) is 4.09. The van der Waals surface area contributed by atoms with Gasteiger partial charge in [-0.05, 0) is 24.8 Å². The van der Waals surface area contributed by atoms with Crippen LogP contribution < -0.4 is 5.73 Å². The third-order valence-electron chi connectivity index (χ3n) is 2.56. The number of rotatable bonds is 2. The highest BCUT2D eigenvalue weighted by atomic mass is 32.1. The van der Waals surface area contributed by atoms with Gasteiger partial charge in [-0.25, -0.2) is 0 Å². The Hall–Kier alpha value is -1.41. The third kappa shape index (κ3) is 2.01. The van der Waals surface area contributed by atoms with Crippen molar-refractivity contribution in [2.45, 2.75) is 25.6 Å². The van der Waals surface area contributed by atoms with E-state index in [1.54, 1.807) is 5.38 Å². The molecule has 0 fully saturated rings. The standard InChI is InChI=1S/C10H10F3N3OS/c1-5-3-18-4-6(5)7-15-8(17-16-7)9(2,14)10(11,12)13/h3-4H,14H2,1-2H3. The maximum Gasteiger partial charge on any atom is 0.415 e. The van der Waals surface area contributed by atoms with E-state index in [4.69, 9.17) is 5.73 Å². The fourth-order valence-electron chi connectivity index (χ4n) is 1.25. The van der Waals surface area contributed by atoms with Crippen molar-refractivity contribution in [2.75, 3.05) is 0 Å². The Labute approximate surface area is 105 Å². The van der Waals surface area contributed by atoms with Crippen LogP contribution in [0.4, 0.5) is 13.2 Å². The van der Waals surface area contributed by atoms with Crippen LogP contribution in [0.15, 0.2) is 15.3 Å². The van der Waals surface area contributed by atoms with E-state index in [1.807, 2.05) is 12.3 Å². The van der Waals surface area contributed by atoms with Crippen molar-refractivity contribution >= 4 is 11.3 Å². The molecule has 0 radical (unpaired) electrons. The largest absolute Gasteiger partial charge is 0.415 e. The molecule has 2 aromatic heterocycles. The molecule has 0 aliphatic carbocycles. The maximum absolute atomic E-state index is 12.7. The van der Waals surface area contributed by atoms with Crippen molar-refractivity contribution in [3.8, 4) is 11.4 Å². The van der Waals surface area contributed by atoms with E-state index in [0.29, 0.717) is 5.56 Å². The number of hydrogen-bond acceptors (Lipinski definition) is 5. The number of hydrogen-bond donors (Lipinski definition) is 1. The molecular formula is C10H10F3N3OS. The van der Waals surface area contributed by atoms with Gasteiger partial charge in [-0.1, -0.05) is 5.16 Å². The Morgan fingerprint density at radius 3 is 2.50 bits per heavy atom. The van der Waals surface area contributed by atoms with Crippen molar-refractivity contribution in [1.82, 2.24) is 10.1 Å². The number of alkyl halides is 3. The van der Waals surface area contributed by atoms with Gasteiger partial charge in [0.1, 0.15) is 0 Å². The topological polar surface area (TPSA) is 64.9 Å². The summed E-state index contributed by atoms with van der Waals surface area (Å²) in [5.74, 6) is -0.528. The monoisotopic (exact) mass is 277 g/mol. The molecule has 2 rings (SSSR count). The van der Waals surface area contributed by atoms with Gasteiger partial charge in [-0.15, -0.1) is 0 Å². The van der Waals surface area contributed by atoms with E-state index in [2.05, 4.69) is 14.7 Å². The fourth-order valence-corrected chi connectivity index (χ4v) is 2.08.